The minimum atomic E-state index is -3.70. The summed E-state index contributed by atoms with van der Waals surface area (Å²) in [6.07, 6.45) is 2.32. The lowest BCUT2D eigenvalue weighted by Gasteiger charge is -2.25. The first-order chi connectivity index (χ1) is 12.9. The van der Waals surface area contributed by atoms with Gasteiger partial charge in [-0.05, 0) is 17.7 Å². The van der Waals surface area contributed by atoms with Crippen molar-refractivity contribution in [3.8, 4) is 5.75 Å². The molecule has 0 saturated carbocycles. The number of hydrogen-bond donors (Lipinski definition) is 1. The van der Waals surface area contributed by atoms with Gasteiger partial charge >= 0.3 is 0 Å². The van der Waals surface area contributed by atoms with Gasteiger partial charge in [0.05, 0.1) is 6.26 Å². The van der Waals surface area contributed by atoms with Crippen LogP contribution in [0.5, 0.6) is 5.75 Å². The number of aromatic nitrogens is 2. The molecule has 0 aliphatic rings. The molecule has 0 spiro atoms. The lowest BCUT2D eigenvalue weighted by Crippen LogP contribution is -2.36. The molecule has 0 unspecified atom stereocenters. The molecule has 0 aliphatic heterocycles. The molecule has 0 fully saturated rings. The highest BCUT2D eigenvalue weighted by molar-refractivity contribution is 7.92. The number of anilines is 2. The van der Waals surface area contributed by atoms with Crippen LogP contribution in [-0.4, -0.2) is 24.6 Å². The van der Waals surface area contributed by atoms with Crippen molar-refractivity contribution in [2.24, 2.45) is 0 Å². The highest BCUT2D eigenvalue weighted by Crippen LogP contribution is 2.30. The second kappa shape index (κ2) is 8.24. The molecule has 140 valence electrons. The van der Waals surface area contributed by atoms with E-state index in [0.717, 1.165) is 16.2 Å². The van der Waals surface area contributed by atoms with Crippen LogP contribution in [0.25, 0.3) is 0 Å². The number of nitrogens with one attached hydrogen (secondary N) is 1. The lowest BCUT2D eigenvalue weighted by molar-refractivity contribution is 0.307. The first-order valence-corrected chi connectivity index (χ1v) is 10.2. The van der Waals surface area contributed by atoms with Gasteiger partial charge in [-0.3, -0.25) is 5.43 Å². The van der Waals surface area contributed by atoms with Crippen molar-refractivity contribution in [2.75, 3.05) is 16.1 Å². The average Bonchev–Trinajstić information content (AvgIpc) is 2.65. The Morgan fingerprint density at radius 1 is 1.07 bits per heavy atom. The van der Waals surface area contributed by atoms with Crippen molar-refractivity contribution in [3.05, 3.63) is 77.7 Å². The number of ether oxygens (including phenoxy) is 1. The summed E-state index contributed by atoms with van der Waals surface area (Å²) in [5.41, 5.74) is 4.04. The van der Waals surface area contributed by atoms with Crippen molar-refractivity contribution in [1.29, 1.82) is 0 Å². The van der Waals surface area contributed by atoms with Crippen molar-refractivity contribution in [3.63, 3.8) is 0 Å². The van der Waals surface area contributed by atoms with Crippen LogP contribution in [0.4, 0.5) is 11.5 Å². The summed E-state index contributed by atoms with van der Waals surface area (Å²) >= 11 is 5.85. The van der Waals surface area contributed by atoms with E-state index in [4.69, 9.17) is 16.3 Å². The molecule has 0 aliphatic carbocycles. The minimum absolute atomic E-state index is 0.189. The van der Waals surface area contributed by atoms with Crippen LogP contribution >= 0.6 is 11.6 Å². The molecule has 3 aromatic rings. The molecule has 1 N–H and O–H groups in total. The molecule has 1 heterocycles. The van der Waals surface area contributed by atoms with E-state index >= 15 is 0 Å². The Kier molecular flexibility index (Phi) is 5.78. The van der Waals surface area contributed by atoms with Crippen LogP contribution in [0, 0.1) is 0 Å². The SMILES string of the molecule is CS(=O)(=O)N(Nc1cc(Cl)ncn1)c1ccccc1OCc1ccccc1. The predicted molar refractivity (Wildman–Crippen MR) is 105 cm³/mol. The normalized spacial score (nSPS) is 11.0. The summed E-state index contributed by atoms with van der Waals surface area (Å²) in [6.45, 7) is 0.300. The Morgan fingerprint density at radius 3 is 2.48 bits per heavy atom. The van der Waals surface area contributed by atoms with Gasteiger partial charge in [0.15, 0.2) is 0 Å². The lowest BCUT2D eigenvalue weighted by atomic mass is 10.2. The minimum Gasteiger partial charge on any atom is -0.487 e. The van der Waals surface area contributed by atoms with E-state index in [9.17, 15) is 8.42 Å². The number of sulfonamides is 1. The number of para-hydroxylation sites is 2. The molecular weight excluding hydrogens is 388 g/mol. The second-order valence-corrected chi connectivity index (χ2v) is 7.83. The van der Waals surface area contributed by atoms with E-state index in [0.29, 0.717) is 18.0 Å². The molecule has 27 heavy (non-hydrogen) atoms. The second-order valence-electron chi connectivity index (χ2n) is 5.61. The molecule has 0 radical (unpaired) electrons. The fourth-order valence-corrected chi connectivity index (χ4v) is 3.22. The van der Waals surface area contributed by atoms with E-state index in [2.05, 4.69) is 15.4 Å². The van der Waals surface area contributed by atoms with Gasteiger partial charge in [-0.2, -0.15) is 4.41 Å². The maximum absolute atomic E-state index is 12.4. The topological polar surface area (TPSA) is 84.4 Å². The van der Waals surface area contributed by atoms with Crippen LogP contribution in [0.1, 0.15) is 5.56 Å². The molecule has 3 rings (SSSR count). The summed E-state index contributed by atoms with van der Waals surface area (Å²) in [7, 11) is -3.70. The molecule has 0 amide bonds. The van der Waals surface area contributed by atoms with Crippen LogP contribution in [-0.2, 0) is 16.6 Å². The van der Waals surface area contributed by atoms with E-state index in [1.807, 2.05) is 30.3 Å². The Morgan fingerprint density at radius 2 is 1.78 bits per heavy atom. The van der Waals surface area contributed by atoms with E-state index < -0.39 is 10.0 Å². The fraction of sp³-hybridized carbons (Fsp3) is 0.111. The number of rotatable bonds is 7. The molecule has 0 bridgehead atoms. The monoisotopic (exact) mass is 404 g/mol. The number of hydrazine groups is 1. The van der Waals surface area contributed by atoms with E-state index in [-0.39, 0.29) is 11.0 Å². The van der Waals surface area contributed by atoms with Crippen molar-refractivity contribution in [1.82, 2.24) is 9.97 Å². The van der Waals surface area contributed by atoms with Crippen LogP contribution in [0.2, 0.25) is 5.15 Å². The van der Waals surface area contributed by atoms with E-state index in [1.54, 1.807) is 24.3 Å². The molecule has 0 atom stereocenters. The van der Waals surface area contributed by atoms with Gasteiger partial charge in [0, 0.05) is 6.07 Å². The third kappa shape index (κ3) is 5.08. The Balaban J connectivity index is 1.90. The summed E-state index contributed by atoms with van der Waals surface area (Å²) in [4.78, 5) is 7.77. The molecule has 1 aromatic heterocycles. The molecule has 9 heteroatoms. The van der Waals surface area contributed by atoms with Gasteiger partial charge in [-0.25, -0.2) is 18.4 Å². The summed E-state index contributed by atoms with van der Waals surface area (Å²) in [5.74, 6) is 0.637. The quantitative estimate of drug-likeness (QED) is 0.479. The summed E-state index contributed by atoms with van der Waals surface area (Å²) in [5, 5.41) is 0.189. The van der Waals surface area contributed by atoms with Crippen LogP contribution < -0.4 is 14.6 Å². The largest absolute Gasteiger partial charge is 0.487 e. The summed E-state index contributed by atoms with van der Waals surface area (Å²) < 4.78 is 31.6. The maximum atomic E-state index is 12.4. The average molecular weight is 405 g/mol. The van der Waals surface area contributed by atoms with E-state index in [1.165, 1.54) is 12.4 Å². The van der Waals surface area contributed by atoms with Gasteiger partial charge in [-0.15, -0.1) is 0 Å². The number of halogens is 1. The molecular formula is C18H17ClN4O3S. The summed E-state index contributed by atoms with van der Waals surface area (Å²) in [6, 6.07) is 17.8. The standard InChI is InChI=1S/C18H17ClN4O3S/c1-27(24,25)23(22-18-11-17(19)20-13-21-18)15-9-5-6-10-16(15)26-12-14-7-3-2-4-8-14/h2-11,13H,12H2,1H3,(H,20,21,22). The fourth-order valence-electron chi connectivity index (χ4n) is 2.30. The van der Waals surface area contributed by atoms with Crippen LogP contribution in [0.15, 0.2) is 67.0 Å². The Labute approximate surface area is 162 Å². The van der Waals surface area contributed by atoms with Gasteiger partial charge in [0.25, 0.3) is 0 Å². The maximum Gasteiger partial charge on any atom is 0.249 e. The van der Waals surface area contributed by atoms with Crippen molar-refractivity contribution >= 4 is 33.1 Å². The molecule has 0 saturated heterocycles. The molecule has 2 aromatic carbocycles. The van der Waals surface area contributed by atoms with Crippen molar-refractivity contribution in [2.45, 2.75) is 6.61 Å². The molecule has 7 nitrogen and oxygen atoms in total. The first kappa shape index (κ1) is 18.9. The highest BCUT2D eigenvalue weighted by atomic mass is 35.5. The van der Waals surface area contributed by atoms with Gasteiger partial charge < -0.3 is 4.74 Å². The van der Waals surface area contributed by atoms with Gasteiger partial charge in [-0.1, -0.05) is 54.1 Å². The first-order valence-electron chi connectivity index (χ1n) is 7.94. The zero-order chi connectivity index (χ0) is 19.3. The van der Waals surface area contributed by atoms with Crippen LogP contribution in [0.3, 0.4) is 0 Å². The van der Waals surface area contributed by atoms with Crippen molar-refractivity contribution < 1.29 is 13.2 Å². The highest BCUT2D eigenvalue weighted by Gasteiger charge is 2.22. The smallest absolute Gasteiger partial charge is 0.249 e. The third-order valence-corrected chi connectivity index (χ3v) is 4.66. The van der Waals surface area contributed by atoms with Gasteiger partial charge in [0.2, 0.25) is 10.0 Å². The zero-order valence-corrected chi connectivity index (χ0v) is 16.0. The number of benzene rings is 2. The Hall–Kier alpha value is -2.84. The van der Waals surface area contributed by atoms with Gasteiger partial charge in [0.1, 0.15) is 35.3 Å². The zero-order valence-electron chi connectivity index (χ0n) is 14.4. The number of hydrogen-bond acceptors (Lipinski definition) is 6. The predicted octanol–water partition coefficient (Wildman–Crippen LogP) is 3.50. The Bertz CT molecular complexity index is 1020. The third-order valence-electron chi connectivity index (χ3n) is 3.50. The number of nitrogens with zero attached hydrogens (tertiary/aromatic N) is 3.